The van der Waals surface area contributed by atoms with Crippen LogP contribution in [0.25, 0.3) is 0 Å². The Morgan fingerprint density at radius 3 is 3.00 bits per heavy atom. The van der Waals surface area contributed by atoms with Gasteiger partial charge in [-0.25, -0.2) is 4.39 Å². The van der Waals surface area contributed by atoms with Gasteiger partial charge in [0.2, 0.25) is 0 Å². The molecule has 1 heterocycles. The summed E-state index contributed by atoms with van der Waals surface area (Å²) in [5, 5.41) is 17.8. The second-order valence-electron chi connectivity index (χ2n) is 5.94. The molecule has 0 bridgehead atoms. The number of hydrogen-bond acceptors (Lipinski definition) is 4. The summed E-state index contributed by atoms with van der Waals surface area (Å²) >= 11 is 0. The van der Waals surface area contributed by atoms with Crippen molar-refractivity contribution < 1.29 is 14.2 Å². The summed E-state index contributed by atoms with van der Waals surface area (Å²) in [6, 6.07) is 6.02. The molecule has 3 rings (SSSR count). The van der Waals surface area contributed by atoms with E-state index < -0.39 is 6.10 Å². The average Bonchev–Trinajstić information content (AvgIpc) is 2.94. The molecule has 23 heavy (non-hydrogen) atoms. The Morgan fingerprint density at radius 1 is 1.43 bits per heavy atom. The van der Waals surface area contributed by atoms with Crippen LogP contribution >= 0.6 is 0 Å². The maximum atomic E-state index is 12.8. The molecule has 1 aliphatic carbocycles. The number of aliphatic hydroxyl groups excluding tert-OH is 1. The van der Waals surface area contributed by atoms with Crippen molar-refractivity contribution in [1.82, 2.24) is 15.1 Å². The first-order valence-corrected chi connectivity index (χ1v) is 7.94. The van der Waals surface area contributed by atoms with Gasteiger partial charge < -0.3 is 15.2 Å². The van der Waals surface area contributed by atoms with Crippen molar-refractivity contribution in [3.63, 3.8) is 0 Å². The van der Waals surface area contributed by atoms with Gasteiger partial charge in [-0.15, -0.1) is 0 Å². The fourth-order valence-electron chi connectivity index (χ4n) is 2.98. The zero-order valence-corrected chi connectivity index (χ0v) is 13.2. The second-order valence-corrected chi connectivity index (χ2v) is 5.94. The van der Waals surface area contributed by atoms with Crippen molar-refractivity contribution in [2.24, 2.45) is 7.05 Å². The standard InChI is InChI=1S/C17H22FN3O2/c1-21-17-4-2-3-16(15(17)10-20-21)19-9-13(22)11-23-14-7-5-12(18)6-8-14/h5-8,10,13,16,19,22H,2-4,9,11H2,1H3. The minimum atomic E-state index is -0.623. The molecule has 0 amide bonds. The highest BCUT2D eigenvalue weighted by atomic mass is 19.1. The van der Waals surface area contributed by atoms with Crippen LogP contribution in [0, 0.1) is 5.82 Å². The lowest BCUT2D eigenvalue weighted by molar-refractivity contribution is 0.103. The van der Waals surface area contributed by atoms with Gasteiger partial charge in [-0.1, -0.05) is 0 Å². The Morgan fingerprint density at radius 2 is 2.22 bits per heavy atom. The van der Waals surface area contributed by atoms with E-state index in [4.69, 9.17) is 4.74 Å². The summed E-state index contributed by atoms with van der Waals surface area (Å²) < 4.78 is 20.2. The smallest absolute Gasteiger partial charge is 0.123 e. The van der Waals surface area contributed by atoms with Crippen LogP contribution in [0.2, 0.25) is 0 Å². The van der Waals surface area contributed by atoms with Gasteiger partial charge in [0, 0.05) is 30.9 Å². The molecule has 2 N–H and O–H groups in total. The first-order chi connectivity index (χ1) is 11.1. The molecule has 0 fully saturated rings. The predicted molar refractivity (Wildman–Crippen MR) is 84.8 cm³/mol. The first-order valence-electron chi connectivity index (χ1n) is 7.94. The molecule has 124 valence electrons. The number of benzene rings is 1. The van der Waals surface area contributed by atoms with E-state index in [9.17, 15) is 9.50 Å². The van der Waals surface area contributed by atoms with Gasteiger partial charge in [0.05, 0.1) is 6.20 Å². The van der Waals surface area contributed by atoms with E-state index in [1.165, 1.54) is 23.4 Å². The van der Waals surface area contributed by atoms with Crippen LogP contribution in [0.1, 0.15) is 30.1 Å². The molecule has 0 saturated heterocycles. The zero-order chi connectivity index (χ0) is 16.2. The number of rotatable bonds is 6. The number of aromatic nitrogens is 2. The average molecular weight is 319 g/mol. The minimum Gasteiger partial charge on any atom is -0.491 e. The maximum absolute atomic E-state index is 12.8. The van der Waals surface area contributed by atoms with E-state index in [0.29, 0.717) is 12.3 Å². The van der Waals surface area contributed by atoms with E-state index in [-0.39, 0.29) is 18.5 Å². The fourth-order valence-corrected chi connectivity index (χ4v) is 2.98. The lowest BCUT2D eigenvalue weighted by atomic mass is 9.93. The van der Waals surface area contributed by atoms with E-state index in [1.54, 1.807) is 12.1 Å². The quantitative estimate of drug-likeness (QED) is 0.855. The molecule has 0 saturated carbocycles. The van der Waals surface area contributed by atoms with Crippen molar-refractivity contribution in [1.29, 1.82) is 0 Å². The SMILES string of the molecule is Cn1ncc2c1CCCC2NCC(O)COc1ccc(F)cc1. The van der Waals surface area contributed by atoms with Gasteiger partial charge in [0.25, 0.3) is 0 Å². The molecular formula is C17H22FN3O2. The predicted octanol–water partition coefficient (Wildman–Crippen LogP) is 1.97. The van der Waals surface area contributed by atoms with Crippen LogP contribution in [0.3, 0.4) is 0 Å². The van der Waals surface area contributed by atoms with E-state index in [0.717, 1.165) is 19.3 Å². The van der Waals surface area contributed by atoms with E-state index >= 15 is 0 Å². The van der Waals surface area contributed by atoms with Crippen molar-refractivity contribution >= 4 is 0 Å². The van der Waals surface area contributed by atoms with Crippen molar-refractivity contribution in [2.75, 3.05) is 13.2 Å². The number of aryl methyl sites for hydroxylation is 1. The first kappa shape index (κ1) is 16.0. The zero-order valence-electron chi connectivity index (χ0n) is 13.2. The monoisotopic (exact) mass is 319 g/mol. The molecule has 1 aromatic carbocycles. The van der Waals surface area contributed by atoms with Crippen molar-refractivity contribution in [3.8, 4) is 5.75 Å². The largest absolute Gasteiger partial charge is 0.491 e. The highest BCUT2D eigenvalue weighted by molar-refractivity contribution is 5.25. The molecule has 2 unspecified atom stereocenters. The fraction of sp³-hybridized carbons (Fsp3) is 0.471. The normalized spacial score (nSPS) is 18.5. The highest BCUT2D eigenvalue weighted by Crippen LogP contribution is 2.28. The lowest BCUT2D eigenvalue weighted by Crippen LogP contribution is -2.35. The van der Waals surface area contributed by atoms with Crippen LogP contribution in [0.4, 0.5) is 4.39 Å². The summed E-state index contributed by atoms with van der Waals surface area (Å²) in [5.74, 6) is 0.252. The summed E-state index contributed by atoms with van der Waals surface area (Å²) in [6.45, 7) is 0.617. The van der Waals surface area contributed by atoms with Crippen LogP contribution < -0.4 is 10.1 Å². The van der Waals surface area contributed by atoms with Crippen molar-refractivity contribution in [2.45, 2.75) is 31.4 Å². The summed E-state index contributed by atoms with van der Waals surface area (Å²) in [4.78, 5) is 0. The molecule has 6 heteroatoms. The van der Waals surface area contributed by atoms with Crippen LogP contribution in [-0.4, -0.2) is 34.1 Å². The summed E-state index contributed by atoms with van der Waals surface area (Å²) in [6.07, 6.45) is 4.51. The van der Waals surface area contributed by atoms with Gasteiger partial charge >= 0.3 is 0 Å². The Kier molecular flexibility index (Phi) is 4.93. The molecule has 2 aromatic rings. The summed E-state index contributed by atoms with van der Waals surface area (Å²) in [7, 11) is 1.96. The third-order valence-electron chi connectivity index (χ3n) is 4.23. The molecule has 1 aromatic heterocycles. The van der Waals surface area contributed by atoms with E-state index in [2.05, 4.69) is 10.4 Å². The third-order valence-corrected chi connectivity index (χ3v) is 4.23. The number of hydrogen-bond donors (Lipinski definition) is 2. The number of aliphatic hydroxyl groups is 1. The number of nitrogens with one attached hydrogen (secondary N) is 1. The molecule has 2 atom stereocenters. The molecule has 1 aliphatic rings. The summed E-state index contributed by atoms with van der Waals surface area (Å²) in [5.41, 5.74) is 2.50. The molecule has 0 spiro atoms. The number of halogens is 1. The molecule has 0 radical (unpaired) electrons. The van der Waals surface area contributed by atoms with Gasteiger partial charge in [-0.3, -0.25) is 4.68 Å². The Balaban J connectivity index is 1.48. The molecule has 0 aliphatic heterocycles. The topological polar surface area (TPSA) is 59.3 Å². The number of fused-ring (bicyclic) bond motifs is 1. The molecule has 5 nitrogen and oxygen atoms in total. The van der Waals surface area contributed by atoms with Crippen LogP contribution in [0.15, 0.2) is 30.5 Å². The van der Waals surface area contributed by atoms with Gasteiger partial charge in [0.15, 0.2) is 0 Å². The Bertz CT molecular complexity index is 642. The minimum absolute atomic E-state index is 0.172. The highest BCUT2D eigenvalue weighted by Gasteiger charge is 2.23. The second kappa shape index (κ2) is 7.10. The Hall–Kier alpha value is -1.92. The third kappa shape index (κ3) is 3.89. The lowest BCUT2D eigenvalue weighted by Gasteiger charge is -2.25. The van der Waals surface area contributed by atoms with Crippen LogP contribution in [0.5, 0.6) is 5.75 Å². The number of nitrogens with zero attached hydrogens (tertiary/aromatic N) is 2. The number of ether oxygens (including phenoxy) is 1. The van der Waals surface area contributed by atoms with E-state index in [1.807, 2.05) is 17.9 Å². The Labute approximate surface area is 135 Å². The van der Waals surface area contributed by atoms with Gasteiger partial charge in [-0.05, 0) is 43.5 Å². The van der Waals surface area contributed by atoms with Gasteiger partial charge in [0.1, 0.15) is 24.3 Å². The maximum Gasteiger partial charge on any atom is 0.123 e. The van der Waals surface area contributed by atoms with Gasteiger partial charge in [-0.2, -0.15) is 5.10 Å². The van der Waals surface area contributed by atoms with Crippen LogP contribution in [-0.2, 0) is 13.5 Å². The van der Waals surface area contributed by atoms with Crippen molar-refractivity contribution in [3.05, 3.63) is 47.5 Å². The molecular weight excluding hydrogens is 297 g/mol.